The molecule has 1 aliphatic rings. The van der Waals surface area contributed by atoms with Gasteiger partial charge in [0.1, 0.15) is 5.82 Å². The van der Waals surface area contributed by atoms with E-state index < -0.39 is 5.60 Å². The van der Waals surface area contributed by atoms with Gasteiger partial charge in [-0.2, -0.15) is 0 Å². The predicted molar refractivity (Wildman–Crippen MR) is 59.3 cm³/mol. The van der Waals surface area contributed by atoms with Gasteiger partial charge in [-0.1, -0.05) is 25.3 Å². The molecule has 16 heavy (non-hydrogen) atoms. The Morgan fingerprint density at radius 2 is 1.88 bits per heavy atom. The van der Waals surface area contributed by atoms with Crippen LogP contribution in [0.15, 0.2) is 18.2 Å². The summed E-state index contributed by atoms with van der Waals surface area (Å²) in [5.74, 6) is -0.374. The monoisotopic (exact) mass is 224 g/mol. The molecule has 0 radical (unpaired) electrons. The number of aliphatic hydroxyl groups is 2. The van der Waals surface area contributed by atoms with E-state index in [2.05, 4.69) is 0 Å². The first-order valence-electron chi connectivity index (χ1n) is 5.78. The standard InChI is InChI=1S/C13H17FO2/c14-12-5-4-10(9-15)8-11(12)13(16)6-2-1-3-7-13/h4-5,8,15-16H,1-3,6-7,9H2. The van der Waals surface area contributed by atoms with Crippen molar-refractivity contribution in [3.8, 4) is 0 Å². The summed E-state index contributed by atoms with van der Waals surface area (Å²) in [6, 6.07) is 4.46. The lowest BCUT2D eigenvalue weighted by Gasteiger charge is -2.33. The van der Waals surface area contributed by atoms with Crippen LogP contribution in [0.25, 0.3) is 0 Å². The van der Waals surface area contributed by atoms with Gasteiger partial charge in [-0.15, -0.1) is 0 Å². The molecule has 1 aliphatic carbocycles. The average Bonchev–Trinajstić information content (AvgIpc) is 2.30. The fraction of sp³-hybridized carbons (Fsp3) is 0.538. The Labute approximate surface area is 94.7 Å². The molecule has 1 fully saturated rings. The molecule has 2 nitrogen and oxygen atoms in total. The van der Waals surface area contributed by atoms with Gasteiger partial charge in [0.25, 0.3) is 0 Å². The zero-order valence-corrected chi connectivity index (χ0v) is 9.25. The summed E-state index contributed by atoms with van der Waals surface area (Å²) in [6.07, 6.45) is 4.18. The van der Waals surface area contributed by atoms with E-state index >= 15 is 0 Å². The lowest BCUT2D eigenvalue weighted by atomic mass is 9.79. The van der Waals surface area contributed by atoms with Crippen LogP contribution in [0, 0.1) is 5.82 Å². The molecule has 0 bridgehead atoms. The highest BCUT2D eigenvalue weighted by atomic mass is 19.1. The quantitative estimate of drug-likeness (QED) is 0.810. The molecule has 2 N–H and O–H groups in total. The highest BCUT2D eigenvalue weighted by molar-refractivity contribution is 5.30. The predicted octanol–water partition coefficient (Wildman–Crippen LogP) is 2.47. The van der Waals surface area contributed by atoms with Gasteiger partial charge in [0, 0.05) is 5.56 Å². The van der Waals surface area contributed by atoms with E-state index in [1.165, 1.54) is 6.07 Å². The minimum atomic E-state index is -1.03. The zero-order valence-electron chi connectivity index (χ0n) is 9.25. The Hall–Kier alpha value is -0.930. The molecular formula is C13H17FO2. The van der Waals surface area contributed by atoms with Gasteiger partial charge in [0.2, 0.25) is 0 Å². The smallest absolute Gasteiger partial charge is 0.129 e. The van der Waals surface area contributed by atoms with Crippen molar-refractivity contribution in [2.45, 2.75) is 44.3 Å². The molecule has 0 unspecified atom stereocenters. The summed E-state index contributed by atoms with van der Waals surface area (Å²) in [4.78, 5) is 0. The van der Waals surface area contributed by atoms with Crippen molar-refractivity contribution < 1.29 is 14.6 Å². The molecule has 0 saturated heterocycles. The van der Waals surface area contributed by atoms with Gasteiger partial charge < -0.3 is 10.2 Å². The van der Waals surface area contributed by atoms with E-state index in [-0.39, 0.29) is 12.4 Å². The number of halogens is 1. The maximum absolute atomic E-state index is 13.7. The maximum Gasteiger partial charge on any atom is 0.129 e. The third-order valence-electron chi connectivity index (χ3n) is 3.40. The van der Waals surface area contributed by atoms with Crippen LogP contribution >= 0.6 is 0 Å². The minimum Gasteiger partial charge on any atom is -0.392 e. The molecule has 1 saturated carbocycles. The van der Waals surface area contributed by atoms with Crippen LogP contribution in [0.5, 0.6) is 0 Å². The van der Waals surface area contributed by atoms with E-state index in [1.54, 1.807) is 12.1 Å². The minimum absolute atomic E-state index is 0.122. The molecule has 0 aromatic heterocycles. The molecule has 0 amide bonds. The molecule has 0 atom stereocenters. The van der Waals surface area contributed by atoms with Crippen molar-refractivity contribution in [2.75, 3.05) is 0 Å². The number of aliphatic hydroxyl groups excluding tert-OH is 1. The largest absolute Gasteiger partial charge is 0.392 e. The van der Waals surface area contributed by atoms with Crippen molar-refractivity contribution in [2.24, 2.45) is 0 Å². The lowest BCUT2D eigenvalue weighted by Crippen LogP contribution is -2.29. The fourth-order valence-electron chi connectivity index (χ4n) is 2.43. The van der Waals surface area contributed by atoms with Crippen molar-refractivity contribution in [1.82, 2.24) is 0 Å². The van der Waals surface area contributed by atoms with Crippen molar-refractivity contribution in [1.29, 1.82) is 0 Å². The van der Waals surface area contributed by atoms with Gasteiger partial charge >= 0.3 is 0 Å². The second-order valence-corrected chi connectivity index (χ2v) is 4.56. The van der Waals surface area contributed by atoms with Crippen molar-refractivity contribution in [3.63, 3.8) is 0 Å². The van der Waals surface area contributed by atoms with Crippen molar-refractivity contribution in [3.05, 3.63) is 35.1 Å². The fourth-order valence-corrected chi connectivity index (χ4v) is 2.43. The molecule has 2 rings (SSSR count). The molecule has 0 heterocycles. The second kappa shape index (κ2) is 4.52. The molecule has 1 aromatic rings. The van der Waals surface area contributed by atoms with Gasteiger partial charge in [-0.05, 0) is 30.5 Å². The van der Waals surface area contributed by atoms with E-state index in [4.69, 9.17) is 5.11 Å². The molecular weight excluding hydrogens is 207 g/mol. The number of hydrogen-bond donors (Lipinski definition) is 2. The summed E-state index contributed by atoms with van der Waals surface area (Å²) in [6.45, 7) is -0.122. The number of rotatable bonds is 2. The second-order valence-electron chi connectivity index (χ2n) is 4.56. The maximum atomic E-state index is 13.7. The summed E-state index contributed by atoms with van der Waals surface area (Å²) in [5.41, 5.74) is -0.0396. The summed E-state index contributed by atoms with van der Waals surface area (Å²) in [7, 11) is 0. The highest BCUT2D eigenvalue weighted by Crippen LogP contribution is 2.38. The van der Waals surface area contributed by atoms with Crippen LogP contribution in [0.2, 0.25) is 0 Å². The van der Waals surface area contributed by atoms with Crippen LogP contribution in [0.4, 0.5) is 4.39 Å². The first kappa shape index (κ1) is 11.6. The van der Waals surface area contributed by atoms with E-state index in [0.717, 1.165) is 19.3 Å². The van der Waals surface area contributed by atoms with Gasteiger partial charge in [0.05, 0.1) is 12.2 Å². The molecule has 3 heteroatoms. The average molecular weight is 224 g/mol. The van der Waals surface area contributed by atoms with E-state index in [9.17, 15) is 9.50 Å². The summed E-state index contributed by atoms with van der Waals surface area (Å²) in [5, 5.41) is 19.5. The first-order valence-corrected chi connectivity index (χ1v) is 5.78. The van der Waals surface area contributed by atoms with Crippen molar-refractivity contribution >= 4 is 0 Å². The Bertz CT molecular complexity index is 370. The Kier molecular flexibility index (Phi) is 3.26. The van der Waals surface area contributed by atoms with Gasteiger partial charge in [0.15, 0.2) is 0 Å². The number of hydrogen-bond acceptors (Lipinski definition) is 2. The molecule has 0 aliphatic heterocycles. The number of benzene rings is 1. The van der Waals surface area contributed by atoms with Crippen LogP contribution in [-0.4, -0.2) is 10.2 Å². The zero-order chi connectivity index (χ0) is 11.6. The summed E-state index contributed by atoms with van der Waals surface area (Å²) < 4.78 is 13.7. The first-order chi connectivity index (χ1) is 7.65. The Morgan fingerprint density at radius 1 is 1.19 bits per heavy atom. The topological polar surface area (TPSA) is 40.5 Å². The normalized spacial score (nSPS) is 19.7. The van der Waals surface area contributed by atoms with Crippen LogP contribution in [-0.2, 0) is 12.2 Å². The summed E-state index contributed by atoms with van der Waals surface area (Å²) >= 11 is 0. The van der Waals surface area contributed by atoms with Gasteiger partial charge in [-0.25, -0.2) is 4.39 Å². The van der Waals surface area contributed by atoms with Crippen LogP contribution < -0.4 is 0 Å². The van der Waals surface area contributed by atoms with Crippen LogP contribution in [0.1, 0.15) is 43.2 Å². The molecule has 0 spiro atoms. The molecule has 88 valence electrons. The SMILES string of the molecule is OCc1ccc(F)c(C2(O)CCCCC2)c1. The van der Waals surface area contributed by atoms with Crippen LogP contribution in [0.3, 0.4) is 0 Å². The van der Waals surface area contributed by atoms with Gasteiger partial charge in [-0.3, -0.25) is 0 Å². The molecule has 1 aromatic carbocycles. The van der Waals surface area contributed by atoms with E-state index in [1.807, 2.05) is 0 Å². The Balaban J connectivity index is 2.37. The Morgan fingerprint density at radius 3 is 2.50 bits per heavy atom. The third-order valence-corrected chi connectivity index (χ3v) is 3.40. The lowest BCUT2D eigenvalue weighted by molar-refractivity contribution is -0.00386. The third kappa shape index (κ3) is 2.11. The highest BCUT2D eigenvalue weighted by Gasteiger charge is 2.33. The van der Waals surface area contributed by atoms with E-state index in [0.29, 0.717) is 24.0 Å².